The molecule has 2 aromatic rings. The van der Waals surface area contributed by atoms with Gasteiger partial charge in [-0.25, -0.2) is 4.98 Å². The van der Waals surface area contributed by atoms with Gasteiger partial charge in [0.15, 0.2) is 0 Å². The molecule has 0 amide bonds. The zero-order valence-electron chi connectivity index (χ0n) is 6.69. The first kappa shape index (κ1) is 9.86. The fourth-order valence-electron chi connectivity index (χ4n) is 0.976. The maximum atomic E-state index is 4.36. The van der Waals surface area contributed by atoms with E-state index < -0.39 is 0 Å². The van der Waals surface area contributed by atoms with Crippen molar-refractivity contribution in [3.8, 4) is 10.6 Å². The Kier molecular flexibility index (Phi) is 3.14. The largest absolute Gasteiger partial charge is 0.264 e. The van der Waals surface area contributed by atoms with E-state index in [1.54, 1.807) is 17.5 Å². The summed E-state index contributed by atoms with van der Waals surface area (Å²) >= 11 is 1.65. The standard InChI is InChI=1S/C9H8N2S.CH4/c1-7-6-12-9(11-7)8-3-2-4-10-5-8;/h2-6H,1H3;1H4. The number of hydrogen-bond donors (Lipinski definition) is 0. The number of thiazole rings is 1. The molecular weight excluding hydrogens is 180 g/mol. The second-order valence-electron chi connectivity index (χ2n) is 2.54. The van der Waals surface area contributed by atoms with E-state index in [-0.39, 0.29) is 7.43 Å². The van der Waals surface area contributed by atoms with Crippen LogP contribution in [0.2, 0.25) is 0 Å². The molecule has 0 aliphatic carbocycles. The highest BCUT2D eigenvalue weighted by Gasteiger charge is 2.00. The lowest BCUT2D eigenvalue weighted by atomic mass is 10.3. The average Bonchev–Trinajstić information content (AvgIpc) is 2.54. The second kappa shape index (κ2) is 4.14. The quantitative estimate of drug-likeness (QED) is 0.693. The van der Waals surface area contributed by atoms with E-state index in [1.807, 2.05) is 30.6 Å². The van der Waals surface area contributed by atoms with Crippen molar-refractivity contribution >= 4 is 11.3 Å². The van der Waals surface area contributed by atoms with E-state index in [4.69, 9.17) is 0 Å². The van der Waals surface area contributed by atoms with Gasteiger partial charge in [0, 0.05) is 29.0 Å². The van der Waals surface area contributed by atoms with Crippen LogP contribution in [0.5, 0.6) is 0 Å². The van der Waals surface area contributed by atoms with Crippen molar-refractivity contribution in [3.63, 3.8) is 0 Å². The highest BCUT2D eigenvalue weighted by molar-refractivity contribution is 7.13. The Morgan fingerprint density at radius 2 is 2.23 bits per heavy atom. The van der Waals surface area contributed by atoms with Crippen molar-refractivity contribution in [2.45, 2.75) is 14.4 Å². The molecule has 2 rings (SSSR count). The van der Waals surface area contributed by atoms with Crippen molar-refractivity contribution in [3.05, 3.63) is 35.6 Å². The minimum absolute atomic E-state index is 0. The topological polar surface area (TPSA) is 25.8 Å². The molecule has 0 radical (unpaired) electrons. The molecule has 0 unspecified atom stereocenters. The number of nitrogens with zero attached hydrogens (tertiary/aromatic N) is 2. The molecule has 2 aromatic heterocycles. The second-order valence-corrected chi connectivity index (χ2v) is 3.39. The van der Waals surface area contributed by atoms with E-state index in [9.17, 15) is 0 Å². The van der Waals surface area contributed by atoms with Crippen molar-refractivity contribution in [2.75, 3.05) is 0 Å². The van der Waals surface area contributed by atoms with E-state index in [1.165, 1.54) is 0 Å². The van der Waals surface area contributed by atoms with E-state index in [0.717, 1.165) is 16.3 Å². The Balaban J connectivity index is 0.000000845. The molecule has 0 spiro atoms. The summed E-state index contributed by atoms with van der Waals surface area (Å²) in [5.41, 5.74) is 2.16. The predicted octanol–water partition coefficient (Wildman–Crippen LogP) is 3.15. The maximum absolute atomic E-state index is 4.36. The molecule has 0 aliphatic rings. The SMILES string of the molecule is C.Cc1csc(-c2cccnc2)n1. The van der Waals surface area contributed by atoms with Crippen LogP contribution < -0.4 is 0 Å². The number of hydrogen-bond acceptors (Lipinski definition) is 3. The van der Waals surface area contributed by atoms with Gasteiger partial charge in [-0.2, -0.15) is 0 Å². The number of rotatable bonds is 1. The van der Waals surface area contributed by atoms with E-state index in [0.29, 0.717) is 0 Å². The van der Waals surface area contributed by atoms with Gasteiger partial charge >= 0.3 is 0 Å². The van der Waals surface area contributed by atoms with Gasteiger partial charge in [-0.1, -0.05) is 7.43 Å². The molecule has 2 heterocycles. The van der Waals surface area contributed by atoms with Gasteiger partial charge in [0.25, 0.3) is 0 Å². The summed E-state index contributed by atoms with van der Waals surface area (Å²) in [7, 11) is 0. The molecule has 0 aliphatic heterocycles. The van der Waals surface area contributed by atoms with Crippen LogP contribution in [0.25, 0.3) is 10.6 Å². The summed E-state index contributed by atoms with van der Waals surface area (Å²) in [5, 5.41) is 3.09. The van der Waals surface area contributed by atoms with Crippen molar-refractivity contribution < 1.29 is 0 Å². The monoisotopic (exact) mass is 192 g/mol. The third-order valence-corrected chi connectivity index (χ3v) is 2.54. The first-order valence-electron chi connectivity index (χ1n) is 3.69. The van der Waals surface area contributed by atoms with E-state index >= 15 is 0 Å². The lowest BCUT2D eigenvalue weighted by Crippen LogP contribution is -1.77. The van der Waals surface area contributed by atoms with Crippen LogP contribution in [-0.2, 0) is 0 Å². The zero-order chi connectivity index (χ0) is 8.39. The van der Waals surface area contributed by atoms with Crippen LogP contribution in [0.15, 0.2) is 29.9 Å². The van der Waals surface area contributed by atoms with Gasteiger partial charge in [0.2, 0.25) is 0 Å². The summed E-state index contributed by atoms with van der Waals surface area (Å²) in [6.07, 6.45) is 3.60. The lowest BCUT2D eigenvalue weighted by Gasteiger charge is -1.91. The number of pyridine rings is 1. The molecule has 68 valence electrons. The zero-order valence-corrected chi connectivity index (χ0v) is 7.51. The highest BCUT2D eigenvalue weighted by Crippen LogP contribution is 2.21. The number of aromatic nitrogens is 2. The molecule has 13 heavy (non-hydrogen) atoms. The first-order valence-corrected chi connectivity index (χ1v) is 4.57. The Bertz CT molecular complexity index is 367. The molecule has 3 heteroatoms. The van der Waals surface area contributed by atoms with Crippen LogP contribution in [0.1, 0.15) is 13.1 Å². The van der Waals surface area contributed by atoms with Crippen LogP contribution in [-0.4, -0.2) is 9.97 Å². The van der Waals surface area contributed by atoms with Crippen molar-refractivity contribution in [1.29, 1.82) is 0 Å². The Labute approximate surface area is 82.3 Å². The van der Waals surface area contributed by atoms with Crippen LogP contribution >= 0.6 is 11.3 Å². The minimum atomic E-state index is 0. The van der Waals surface area contributed by atoms with E-state index in [2.05, 4.69) is 9.97 Å². The summed E-state index contributed by atoms with van der Waals surface area (Å²) in [6.45, 7) is 2.00. The molecule has 0 saturated carbocycles. The third-order valence-electron chi connectivity index (χ3n) is 1.53. The fraction of sp³-hybridized carbons (Fsp3) is 0.200. The van der Waals surface area contributed by atoms with Crippen LogP contribution in [0.3, 0.4) is 0 Å². The fourth-order valence-corrected chi connectivity index (χ4v) is 1.76. The molecule has 0 saturated heterocycles. The first-order chi connectivity index (χ1) is 5.86. The van der Waals surface area contributed by atoms with Gasteiger partial charge in [0.1, 0.15) is 5.01 Å². The van der Waals surface area contributed by atoms with Crippen LogP contribution in [0, 0.1) is 6.92 Å². The predicted molar refractivity (Wildman–Crippen MR) is 56.8 cm³/mol. The molecule has 0 aromatic carbocycles. The minimum Gasteiger partial charge on any atom is -0.264 e. The van der Waals surface area contributed by atoms with Gasteiger partial charge < -0.3 is 0 Å². The highest BCUT2D eigenvalue weighted by atomic mass is 32.1. The van der Waals surface area contributed by atoms with Gasteiger partial charge in [-0.15, -0.1) is 11.3 Å². The summed E-state index contributed by atoms with van der Waals surface area (Å²) in [4.78, 5) is 8.40. The summed E-state index contributed by atoms with van der Waals surface area (Å²) in [6, 6.07) is 3.94. The molecule has 0 atom stereocenters. The Morgan fingerprint density at radius 1 is 1.38 bits per heavy atom. The Hall–Kier alpha value is -1.22. The smallest absolute Gasteiger partial charge is 0.125 e. The van der Waals surface area contributed by atoms with Gasteiger partial charge in [-0.05, 0) is 19.1 Å². The molecule has 0 fully saturated rings. The molecule has 2 nitrogen and oxygen atoms in total. The lowest BCUT2D eigenvalue weighted by molar-refractivity contribution is 1.25. The third kappa shape index (κ3) is 2.12. The summed E-state index contributed by atoms with van der Waals surface area (Å²) < 4.78 is 0. The summed E-state index contributed by atoms with van der Waals surface area (Å²) in [5.74, 6) is 0. The molecular formula is C10H12N2S. The molecule has 0 N–H and O–H groups in total. The molecule has 0 bridgehead atoms. The average molecular weight is 192 g/mol. The van der Waals surface area contributed by atoms with Gasteiger partial charge in [-0.3, -0.25) is 4.98 Å². The number of aryl methyl sites for hydroxylation is 1. The van der Waals surface area contributed by atoms with Crippen molar-refractivity contribution in [1.82, 2.24) is 9.97 Å². The maximum Gasteiger partial charge on any atom is 0.125 e. The van der Waals surface area contributed by atoms with Crippen molar-refractivity contribution in [2.24, 2.45) is 0 Å². The van der Waals surface area contributed by atoms with Crippen LogP contribution in [0.4, 0.5) is 0 Å². The normalized spacial score (nSPS) is 9.31. The van der Waals surface area contributed by atoms with Gasteiger partial charge in [0.05, 0.1) is 0 Å². The Morgan fingerprint density at radius 3 is 2.77 bits per heavy atom.